The highest BCUT2D eigenvalue weighted by Crippen LogP contribution is 2.15. The van der Waals surface area contributed by atoms with E-state index in [2.05, 4.69) is 5.32 Å². The molecule has 0 radical (unpaired) electrons. The smallest absolute Gasteiger partial charge is 0.229 e. The van der Waals surface area contributed by atoms with Gasteiger partial charge in [-0.2, -0.15) is 0 Å². The Hall–Kier alpha value is -2.27. The highest BCUT2D eigenvalue weighted by Gasteiger charge is 2.13. The number of rotatable bonds is 4. The highest BCUT2D eigenvalue weighted by molar-refractivity contribution is 5.92. The summed E-state index contributed by atoms with van der Waals surface area (Å²) in [6.45, 7) is -0.147. The lowest BCUT2D eigenvalue weighted by Crippen LogP contribution is -2.16. The molecule has 2 N–H and O–H groups in total. The lowest BCUT2D eigenvalue weighted by Gasteiger charge is -2.08. The Morgan fingerprint density at radius 2 is 1.75 bits per heavy atom. The maximum absolute atomic E-state index is 13.4. The van der Waals surface area contributed by atoms with Gasteiger partial charge in [0.25, 0.3) is 0 Å². The van der Waals surface area contributed by atoms with Crippen molar-refractivity contribution < 1.29 is 18.7 Å². The summed E-state index contributed by atoms with van der Waals surface area (Å²) in [5, 5.41) is 11.5. The zero-order valence-corrected chi connectivity index (χ0v) is 10.6. The summed E-state index contributed by atoms with van der Waals surface area (Å²) in [4.78, 5) is 11.8. The van der Waals surface area contributed by atoms with Gasteiger partial charge in [0.2, 0.25) is 5.91 Å². The fourth-order valence-corrected chi connectivity index (χ4v) is 1.81. The normalized spacial score (nSPS) is 10.3. The maximum atomic E-state index is 13.4. The van der Waals surface area contributed by atoms with Crippen molar-refractivity contribution in [1.82, 2.24) is 0 Å². The van der Waals surface area contributed by atoms with Crippen molar-refractivity contribution in [3.05, 3.63) is 65.2 Å². The van der Waals surface area contributed by atoms with Crippen LogP contribution in [0.1, 0.15) is 11.1 Å². The van der Waals surface area contributed by atoms with Crippen molar-refractivity contribution in [3.63, 3.8) is 0 Å². The Balaban J connectivity index is 2.09. The molecule has 0 aliphatic rings. The molecule has 5 heteroatoms. The number of hydrogen-bond acceptors (Lipinski definition) is 2. The number of anilines is 1. The van der Waals surface area contributed by atoms with Gasteiger partial charge in [0.1, 0.15) is 11.6 Å². The topological polar surface area (TPSA) is 49.3 Å². The predicted molar refractivity (Wildman–Crippen MR) is 71.1 cm³/mol. The van der Waals surface area contributed by atoms with E-state index in [1.807, 2.05) is 0 Å². The van der Waals surface area contributed by atoms with Crippen LogP contribution in [-0.2, 0) is 17.8 Å². The molecule has 0 bridgehead atoms. The molecule has 20 heavy (non-hydrogen) atoms. The average molecular weight is 277 g/mol. The highest BCUT2D eigenvalue weighted by atomic mass is 19.1. The number of benzene rings is 2. The first-order valence-corrected chi connectivity index (χ1v) is 6.02. The number of amides is 1. The minimum atomic E-state index is -0.746. The first-order chi connectivity index (χ1) is 9.60. The van der Waals surface area contributed by atoms with Gasteiger partial charge in [0, 0.05) is 11.3 Å². The fourth-order valence-electron chi connectivity index (χ4n) is 1.81. The van der Waals surface area contributed by atoms with Gasteiger partial charge in [0.15, 0.2) is 0 Å². The lowest BCUT2D eigenvalue weighted by atomic mass is 10.1. The molecule has 0 saturated carbocycles. The van der Waals surface area contributed by atoms with E-state index in [1.165, 1.54) is 6.07 Å². The molecule has 0 fully saturated rings. The van der Waals surface area contributed by atoms with Crippen molar-refractivity contribution >= 4 is 11.6 Å². The second-order valence-electron chi connectivity index (χ2n) is 4.28. The molecular formula is C15H13F2NO2. The summed E-state index contributed by atoms with van der Waals surface area (Å²) in [5.41, 5.74) is 0.849. The van der Waals surface area contributed by atoms with Gasteiger partial charge in [-0.1, -0.05) is 18.2 Å². The lowest BCUT2D eigenvalue weighted by molar-refractivity contribution is -0.115. The molecule has 3 nitrogen and oxygen atoms in total. The third kappa shape index (κ3) is 3.39. The largest absolute Gasteiger partial charge is 0.392 e. The molecule has 0 aliphatic heterocycles. The summed E-state index contributed by atoms with van der Waals surface area (Å²) in [6.07, 6.45) is -0.387. The van der Waals surface area contributed by atoms with Crippen LogP contribution in [0.3, 0.4) is 0 Å². The van der Waals surface area contributed by atoms with Crippen LogP contribution in [0.5, 0.6) is 0 Å². The number of carbonyl (C=O) groups excluding carboxylic acids is 1. The number of halogens is 2. The predicted octanol–water partition coefficient (Wildman–Crippen LogP) is 2.64. The van der Waals surface area contributed by atoms with Crippen molar-refractivity contribution in [1.29, 1.82) is 0 Å². The van der Waals surface area contributed by atoms with E-state index in [4.69, 9.17) is 5.11 Å². The van der Waals surface area contributed by atoms with E-state index in [9.17, 15) is 13.6 Å². The molecule has 0 saturated heterocycles. The van der Waals surface area contributed by atoms with Gasteiger partial charge in [-0.05, 0) is 29.8 Å². The second-order valence-corrected chi connectivity index (χ2v) is 4.28. The molecule has 0 aromatic heterocycles. The summed E-state index contributed by atoms with van der Waals surface area (Å²) < 4.78 is 26.8. The molecule has 0 spiro atoms. The van der Waals surface area contributed by atoms with Crippen molar-refractivity contribution in [2.75, 3.05) is 5.32 Å². The minimum Gasteiger partial charge on any atom is -0.392 e. The third-order valence-electron chi connectivity index (χ3n) is 2.79. The molecule has 0 unspecified atom stereocenters. The van der Waals surface area contributed by atoms with Crippen LogP contribution in [0, 0.1) is 11.6 Å². The van der Waals surface area contributed by atoms with Gasteiger partial charge in [-0.15, -0.1) is 0 Å². The Labute approximate surface area is 114 Å². The summed E-state index contributed by atoms with van der Waals surface area (Å²) in [7, 11) is 0. The summed E-state index contributed by atoms with van der Waals surface area (Å²) in [5.74, 6) is -2.02. The fraction of sp³-hybridized carbons (Fsp3) is 0.133. The third-order valence-corrected chi connectivity index (χ3v) is 2.79. The molecule has 2 aromatic rings. The molecular weight excluding hydrogens is 264 g/mol. The Kier molecular flexibility index (Phi) is 4.42. The molecule has 104 valence electrons. The summed E-state index contributed by atoms with van der Waals surface area (Å²) in [6, 6.07) is 10.1. The molecule has 0 aliphatic carbocycles. The maximum Gasteiger partial charge on any atom is 0.229 e. The Bertz CT molecular complexity index is 609. The Morgan fingerprint density at radius 1 is 1.10 bits per heavy atom. The first-order valence-electron chi connectivity index (χ1n) is 6.02. The van der Waals surface area contributed by atoms with E-state index in [-0.39, 0.29) is 18.6 Å². The second kappa shape index (κ2) is 6.25. The monoisotopic (exact) mass is 277 g/mol. The van der Waals surface area contributed by atoms with Gasteiger partial charge < -0.3 is 10.4 Å². The van der Waals surface area contributed by atoms with Crippen molar-refractivity contribution in [3.8, 4) is 0 Å². The number of carbonyl (C=O) groups is 1. The Morgan fingerprint density at radius 3 is 2.40 bits per heavy atom. The van der Waals surface area contributed by atoms with Crippen molar-refractivity contribution in [2.24, 2.45) is 0 Å². The quantitative estimate of drug-likeness (QED) is 0.902. The van der Waals surface area contributed by atoms with Gasteiger partial charge in [-0.25, -0.2) is 8.78 Å². The molecule has 0 atom stereocenters. The molecule has 2 rings (SSSR count). The van der Waals surface area contributed by atoms with Crippen LogP contribution in [0.25, 0.3) is 0 Å². The summed E-state index contributed by atoms with van der Waals surface area (Å²) >= 11 is 0. The van der Waals surface area contributed by atoms with Gasteiger partial charge in [0.05, 0.1) is 13.0 Å². The van der Waals surface area contributed by atoms with Gasteiger partial charge >= 0.3 is 0 Å². The SMILES string of the molecule is O=C(Cc1c(F)cccc1F)Nc1cccc(CO)c1. The standard InChI is InChI=1S/C15H13F2NO2/c16-13-5-2-6-14(17)12(13)8-15(20)18-11-4-1-3-10(7-11)9-19/h1-7,19H,8-9H2,(H,18,20). The van der Waals surface area contributed by atoms with E-state index in [0.717, 1.165) is 12.1 Å². The first kappa shape index (κ1) is 14.1. The zero-order chi connectivity index (χ0) is 14.5. The average Bonchev–Trinajstić information content (AvgIpc) is 2.43. The number of nitrogens with one attached hydrogen (secondary N) is 1. The van der Waals surface area contributed by atoms with Crippen molar-refractivity contribution in [2.45, 2.75) is 13.0 Å². The zero-order valence-electron chi connectivity index (χ0n) is 10.6. The molecule has 2 aromatic carbocycles. The number of aliphatic hydroxyl groups is 1. The van der Waals surface area contributed by atoms with Crippen LogP contribution in [0.15, 0.2) is 42.5 Å². The van der Waals surface area contributed by atoms with E-state index in [0.29, 0.717) is 11.3 Å². The minimum absolute atomic E-state index is 0.147. The van der Waals surface area contributed by atoms with E-state index < -0.39 is 17.5 Å². The van der Waals surface area contributed by atoms with Crippen LogP contribution in [0.4, 0.5) is 14.5 Å². The van der Waals surface area contributed by atoms with Gasteiger partial charge in [-0.3, -0.25) is 4.79 Å². The van der Waals surface area contributed by atoms with E-state index >= 15 is 0 Å². The molecule has 1 amide bonds. The molecule has 0 heterocycles. The van der Waals surface area contributed by atoms with Crippen LogP contribution >= 0.6 is 0 Å². The number of hydrogen-bond donors (Lipinski definition) is 2. The van der Waals surface area contributed by atoms with Crippen LogP contribution in [-0.4, -0.2) is 11.0 Å². The van der Waals surface area contributed by atoms with E-state index in [1.54, 1.807) is 24.3 Å². The van der Waals surface area contributed by atoms with Crippen LogP contribution < -0.4 is 5.32 Å². The number of aliphatic hydroxyl groups excluding tert-OH is 1. The van der Waals surface area contributed by atoms with Crippen LogP contribution in [0.2, 0.25) is 0 Å².